The van der Waals surface area contributed by atoms with Gasteiger partial charge in [0.2, 0.25) is 5.91 Å². The molecule has 0 saturated heterocycles. The Kier molecular flexibility index (Phi) is 5.24. The van der Waals surface area contributed by atoms with E-state index >= 15 is 0 Å². The Morgan fingerprint density at radius 1 is 1.33 bits per heavy atom. The third-order valence-corrected chi connectivity index (χ3v) is 3.07. The van der Waals surface area contributed by atoms with E-state index in [0.29, 0.717) is 13.1 Å². The van der Waals surface area contributed by atoms with Crippen molar-refractivity contribution >= 4 is 5.91 Å². The van der Waals surface area contributed by atoms with E-state index in [1.165, 1.54) is 0 Å². The molecule has 0 aromatic rings. The summed E-state index contributed by atoms with van der Waals surface area (Å²) in [5.41, 5.74) is 5.52. The molecular formula is C11H25N3O. The van der Waals surface area contributed by atoms with E-state index in [1.54, 1.807) is 4.90 Å². The molecular weight excluding hydrogens is 190 g/mol. The van der Waals surface area contributed by atoms with Crippen LogP contribution in [0.1, 0.15) is 27.7 Å². The topological polar surface area (TPSA) is 49.6 Å². The standard InChI is InChI=1S/C11H25N3O/c1-9(2)14(6)10(15)7-13(5)11(3,4)8-12/h9H,7-8,12H2,1-6H3. The van der Waals surface area contributed by atoms with Crippen LogP contribution < -0.4 is 5.73 Å². The fourth-order valence-electron chi connectivity index (χ4n) is 0.972. The fraction of sp³-hybridized carbons (Fsp3) is 0.909. The smallest absolute Gasteiger partial charge is 0.236 e. The molecule has 4 heteroatoms. The van der Waals surface area contributed by atoms with Crippen LogP contribution in [-0.2, 0) is 4.79 Å². The number of likely N-dealkylation sites (N-methyl/N-ethyl adjacent to an activating group) is 2. The lowest BCUT2D eigenvalue weighted by molar-refractivity contribution is -0.133. The Morgan fingerprint density at radius 2 is 1.80 bits per heavy atom. The van der Waals surface area contributed by atoms with E-state index in [-0.39, 0.29) is 17.5 Å². The van der Waals surface area contributed by atoms with E-state index in [9.17, 15) is 4.79 Å². The van der Waals surface area contributed by atoms with Crippen molar-refractivity contribution < 1.29 is 4.79 Å². The number of rotatable bonds is 5. The maximum Gasteiger partial charge on any atom is 0.236 e. The Bertz CT molecular complexity index is 214. The molecule has 0 saturated carbocycles. The molecule has 90 valence electrons. The van der Waals surface area contributed by atoms with E-state index in [2.05, 4.69) is 0 Å². The van der Waals surface area contributed by atoms with Crippen molar-refractivity contribution in [2.24, 2.45) is 5.73 Å². The molecule has 15 heavy (non-hydrogen) atoms. The quantitative estimate of drug-likeness (QED) is 0.727. The molecule has 0 fully saturated rings. The Hall–Kier alpha value is -0.610. The van der Waals surface area contributed by atoms with E-state index in [4.69, 9.17) is 5.73 Å². The number of carbonyl (C=O) groups is 1. The van der Waals surface area contributed by atoms with Gasteiger partial charge in [0, 0.05) is 25.2 Å². The molecule has 0 bridgehead atoms. The summed E-state index contributed by atoms with van der Waals surface area (Å²) >= 11 is 0. The summed E-state index contributed by atoms with van der Waals surface area (Å²) in [5.74, 6) is 0.133. The van der Waals surface area contributed by atoms with Crippen molar-refractivity contribution in [3.8, 4) is 0 Å². The van der Waals surface area contributed by atoms with Crippen LogP contribution in [0.25, 0.3) is 0 Å². The first-order valence-corrected chi connectivity index (χ1v) is 5.39. The van der Waals surface area contributed by atoms with Gasteiger partial charge in [-0.3, -0.25) is 9.69 Å². The van der Waals surface area contributed by atoms with Gasteiger partial charge in [0.15, 0.2) is 0 Å². The summed E-state index contributed by atoms with van der Waals surface area (Å²) in [5, 5.41) is 0. The van der Waals surface area contributed by atoms with Gasteiger partial charge in [0.1, 0.15) is 0 Å². The van der Waals surface area contributed by atoms with Crippen LogP contribution in [0.3, 0.4) is 0 Å². The zero-order valence-corrected chi connectivity index (χ0v) is 10.9. The highest BCUT2D eigenvalue weighted by Crippen LogP contribution is 2.10. The Morgan fingerprint density at radius 3 is 2.13 bits per heavy atom. The van der Waals surface area contributed by atoms with Crippen molar-refractivity contribution in [1.82, 2.24) is 9.80 Å². The van der Waals surface area contributed by atoms with Gasteiger partial charge in [-0.2, -0.15) is 0 Å². The molecule has 0 atom stereocenters. The highest BCUT2D eigenvalue weighted by molar-refractivity contribution is 5.78. The monoisotopic (exact) mass is 215 g/mol. The van der Waals surface area contributed by atoms with E-state index in [0.717, 1.165) is 0 Å². The molecule has 1 amide bonds. The van der Waals surface area contributed by atoms with Crippen LogP contribution in [0.2, 0.25) is 0 Å². The van der Waals surface area contributed by atoms with Crippen LogP contribution in [0.5, 0.6) is 0 Å². The molecule has 0 rings (SSSR count). The minimum Gasteiger partial charge on any atom is -0.342 e. The molecule has 0 unspecified atom stereocenters. The van der Waals surface area contributed by atoms with Gasteiger partial charge in [-0.05, 0) is 34.7 Å². The average molecular weight is 215 g/mol. The van der Waals surface area contributed by atoms with Crippen molar-refractivity contribution in [2.45, 2.75) is 39.3 Å². The van der Waals surface area contributed by atoms with E-state index in [1.807, 2.05) is 46.7 Å². The molecule has 0 aromatic carbocycles. The molecule has 4 nitrogen and oxygen atoms in total. The van der Waals surface area contributed by atoms with Crippen LogP contribution in [0.4, 0.5) is 0 Å². The predicted molar refractivity (Wildman–Crippen MR) is 63.7 cm³/mol. The number of hydrogen-bond acceptors (Lipinski definition) is 3. The van der Waals surface area contributed by atoms with Gasteiger partial charge in [-0.25, -0.2) is 0 Å². The Balaban J connectivity index is 4.30. The van der Waals surface area contributed by atoms with Gasteiger partial charge in [0.05, 0.1) is 6.54 Å². The van der Waals surface area contributed by atoms with Crippen LogP contribution in [-0.4, -0.2) is 54.5 Å². The molecule has 0 aromatic heterocycles. The van der Waals surface area contributed by atoms with Gasteiger partial charge < -0.3 is 10.6 Å². The second-order valence-electron chi connectivity index (χ2n) is 4.97. The number of hydrogen-bond donors (Lipinski definition) is 1. The maximum atomic E-state index is 11.8. The highest BCUT2D eigenvalue weighted by Gasteiger charge is 2.24. The lowest BCUT2D eigenvalue weighted by atomic mass is 10.0. The summed E-state index contributed by atoms with van der Waals surface area (Å²) in [7, 11) is 3.76. The average Bonchev–Trinajstić information content (AvgIpc) is 2.16. The van der Waals surface area contributed by atoms with E-state index < -0.39 is 0 Å². The first kappa shape index (κ1) is 14.4. The molecule has 0 aliphatic rings. The summed E-state index contributed by atoms with van der Waals surface area (Å²) < 4.78 is 0. The number of carbonyl (C=O) groups excluding carboxylic acids is 1. The third-order valence-electron chi connectivity index (χ3n) is 3.07. The predicted octanol–water partition coefficient (Wildman–Crippen LogP) is 0.522. The second-order valence-corrected chi connectivity index (χ2v) is 4.97. The largest absolute Gasteiger partial charge is 0.342 e. The summed E-state index contributed by atoms with van der Waals surface area (Å²) in [6.07, 6.45) is 0. The molecule has 0 radical (unpaired) electrons. The zero-order chi connectivity index (χ0) is 12.2. The molecule has 2 N–H and O–H groups in total. The first-order chi connectivity index (χ1) is 6.72. The van der Waals surface area contributed by atoms with Gasteiger partial charge in [-0.15, -0.1) is 0 Å². The van der Waals surface area contributed by atoms with Gasteiger partial charge in [0.25, 0.3) is 0 Å². The fourth-order valence-corrected chi connectivity index (χ4v) is 0.972. The van der Waals surface area contributed by atoms with Crippen LogP contribution in [0, 0.1) is 0 Å². The van der Waals surface area contributed by atoms with Crippen molar-refractivity contribution in [3.63, 3.8) is 0 Å². The van der Waals surface area contributed by atoms with Crippen molar-refractivity contribution in [1.29, 1.82) is 0 Å². The number of nitrogens with two attached hydrogens (primary N) is 1. The lowest BCUT2D eigenvalue weighted by Crippen LogP contribution is -2.51. The second kappa shape index (κ2) is 5.47. The minimum absolute atomic E-state index is 0.131. The molecule has 0 aliphatic heterocycles. The number of nitrogens with zero attached hydrogens (tertiary/aromatic N) is 2. The Labute approximate surface area is 93.4 Å². The maximum absolute atomic E-state index is 11.8. The van der Waals surface area contributed by atoms with Gasteiger partial charge in [-0.1, -0.05) is 0 Å². The normalized spacial score (nSPS) is 12.3. The SMILES string of the molecule is CC(C)N(C)C(=O)CN(C)C(C)(C)CN. The molecule has 0 heterocycles. The van der Waals surface area contributed by atoms with Crippen LogP contribution >= 0.6 is 0 Å². The van der Waals surface area contributed by atoms with Gasteiger partial charge >= 0.3 is 0 Å². The summed E-state index contributed by atoms with van der Waals surface area (Å²) in [6.45, 7) is 9.05. The minimum atomic E-state index is -0.131. The summed E-state index contributed by atoms with van der Waals surface area (Å²) in [6, 6.07) is 0.242. The zero-order valence-electron chi connectivity index (χ0n) is 10.9. The van der Waals surface area contributed by atoms with Crippen molar-refractivity contribution in [2.75, 3.05) is 27.2 Å². The highest BCUT2D eigenvalue weighted by atomic mass is 16.2. The van der Waals surface area contributed by atoms with Crippen molar-refractivity contribution in [3.05, 3.63) is 0 Å². The number of amides is 1. The summed E-state index contributed by atoms with van der Waals surface area (Å²) in [4.78, 5) is 15.5. The van der Waals surface area contributed by atoms with Crippen LogP contribution in [0.15, 0.2) is 0 Å². The molecule has 0 spiro atoms. The third kappa shape index (κ3) is 4.18. The molecule has 0 aliphatic carbocycles. The lowest BCUT2D eigenvalue weighted by Gasteiger charge is -2.35. The first-order valence-electron chi connectivity index (χ1n) is 5.39.